The summed E-state index contributed by atoms with van der Waals surface area (Å²) in [6, 6.07) is 0. The zero-order valence-corrected chi connectivity index (χ0v) is 9.07. The van der Waals surface area contributed by atoms with Crippen molar-refractivity contribution in [1.29, 1.82) is 0 Å². The van der Waals surface area contributed by atoms with Gasteiger partial charge in [0.2, 0.25) is 0 Å². The van der Waals surface area contributed by atoms with Crippen molar-refractivity contribution < 1.29 is 14.3 Å². The first-order chi connectivity index (χ1) is 7.33. The number of ether oxygens (including phenoxy) is 2. The molecule has 1 heterocycles. The first-order valence-electron chi connectivity index (χ1n) is 5.11. The van der Waals surface area contributed by atoms with Crippen molar-refractivity contribution in [3.8, 4) is 0 Å². The van der Waals surface area contributed by atoms with Crippen molar-refractivity contribution in [2.45, 2.75) is 0 Å². The van der Waals surface area contributed by atoms with Gasteiger partial charge >= 0.3 is 5.97 Å². The Morgan fingerprint density at radius 2 is 2.27 bits per heavy atom. The van der Waals surface area contributed by atoms with E-state index >= 15 is 0 Å². The number of nitrogens with one attached hydrogen (secondary N) is 1. The van der Waals surface area contributed by atoms with Gasteiger partial charge in [0.25, 0.3) is 0 Å². The average molecular weight is 214 g/mol. The van der Waals surface area contributed by atoms with Crippen molar-refractivity contribution in [3.63, 3.8) is 0 Å². The highest BCUT2D eigenvalue weighted by atomic mass is 16.5. The lowest BCUT2D eigenvalue weighted by Gasteiger charge is -2.26. The molecule has 0 spiro atoms. The molecule has 0 aromatic carbocycles. The Hall–Kier alpha value is -1.07. The zero-order valence-electron chi connectivity index (χ0n) is 9.07. The van der Waals surface area contributed by atoms with Crippen LogP contribution in [0.1, 0.15) is 0 Å². The Kier molecular flexibility index (Phi) is 5.80. The van der Waals surface area contributed by atoms with Gasteiger partial charge in [-0.15, -0.1) is 0 Å². The standard InChI is InChI=1S/C10H18N2O3/c1-14-10(13)2-3-11-4-5-12-6-8-15-9-7-12/h2-3,11H,4-9H2,1H3/b3-2-. The summed E-state index contributed by atoms with van der Waals surface area (Å²) in [6.45, 7) is 5.41. The number of morpholine rings is 1. The fraction of sp³-hybridized carbons (Fsp3) is 0.700. The van der Waals surface area contributed by atoms with E-state index in [0.29, 0.717) is 0 Å². The Morgan fingerprint density at radius 1 is 1.53 bits per heavy atom. The third-order valence-corrected chi connectivity index (χ3v) is 2.21. The number of rotatable bonds is 5. The second kappa shape index (κ2) is 7.25. The number of carbonyl (C=O) groups excluding carboxylic acids is 1. The summed E-state index contributed by atoms with van der Waals surface area (Å²) < 4.78 is 9.69. The van der Waals surface area contributed by atoms with Crippen LogP contribution in [-0.4, -0.2) is 57.4 Å². The molecule has 0 aliphatic carbocycles. The van der Waals surface area contributed by atoms with Crippen molar-refractivity contribution in [1.82, 2.24) is 10.2 Å². The van der Waals surface area contributed by atoms with Gasteiger partial charge in [-0.3, -0.25) is 4.90 Å². The minimum absolute atomic E-state index is 0.339. The number of nitrogens with zero attached hydrogens (tertiary/aromatic N) is 1. The minimum Gasteiger partial charge on any atom is -0.466 e. The van der Waals surface area contributed by atoms with E-state index in [9.17, 15) is 4.79 Å². The smallest absolute Gasteiger partial charge is 0.331 e. The summed E-state index contributed by atoms with van der Waals surface area (Å²) in [5.41, 5.74) is 0. The van der Waals surface area contributed by atoms with Crippen LogP contribution in [0.2, 0.25) is 0 Å². The van der Waals surface area contributed by atoms with Gasteiger partial charge in [-0.05, 0) is 0 Å². The molecule has 5 nitrogen and oxygen atoms in total. The van der Waals surface area contributed by atoms with Gasteiger partial charge in [0.15, 0.2) is 0 Å². The highest BCUT2D eigenvalue weighted by molar-refractivity contribution is 5.81. The number of hydrogen-bond donors (Lipinski definition) is 1. The van der Waals surface area contributed by atoms with Crippen molar-refractivity contribution in [2.24, 2.45) is 0 Å². The van der Waals surface area contributed by atoms with Gasteiger partial charge in [0.05, 0.1) is 20.3 Å². The Bertz CT molecular complexity index is 213. The molecule has 0 aromatic heterocycles. The lowest BCUT2D eigenvalue weighted by Crippen LogP contribution is -2.39. The molecule has 0 aromatic rings. The summed E-state index contributed by atoms with van der Waals surface area (Å²) in [6.07, 6.45) is 2.99. The summed E-state index contributed by atoms with van der Waals surface area (Å²) in [4.78, 5) is 13.0. The zero-order chi connectivity index (χ0) is 10.9. The maximum Gasteiger partial charge on any atom is 0.331 e. The molecule has 0 unspecified atom stereocenters. The predicted octanol–water partition coefficient (Wildman–Crippen LogP) is -0.405. The molecule has 0 atom stereocenters. The van der Waals surface area contributed by atoms with Gasteiger partial charge in [-0.2, -0.15) is 0 Å². The first-order valence-corrected chi connectivity index (χ1v) is 5.11. The van der Waals surface area contributed by atoms with E-state index in [1.807, 2.05) is 0 Å². The maximum absolute atomic E-state index is 10.7. The van der Waals surface area contributed by atoms with Crippen LogP contribution in [0.15, 0.2) is 12.3 Å². The largest absolute Gasteiger partial charge is 0.466 e. The molecule has 86 valence electrons. The van der Waals surface area contributed by atoms with Crippen LogP contribution in [0.25, 0.3) is 0 Å². The SMILES string of the molecule is COC(=O)/C=C\NCCN1CCOCC1. The molecule has 15 heavy (non-hydrogen) atoms. The molecule has 1 rings (SSSR count). The van der Waals surface area contributed by atoms with Gasteiger partial charge in [0.1, 0.15) is 0 Å². The van der Waals surface area contributed by atoms with E-state index in [-0.39, 0.29) is 5.97 Å². The monoisotopic (exact) mass is 214 g/mol. The van der Waals surface area contributed by atoms with E-state index < -0.39 is 0 Å². The van der Waals surface area contributed by atoms with E-state index in [2.05, 4.69) is 15.0 Å². The van der Waals surface area contributed by atoms with E-state index in [1.54, 1.807) is 6.20 Å². The summed E-state index contributed by atoms with van der Waals surface area (Å²) in [5.74, 6) is -0.339. The van der Waals surface area contributed by atoms with Gasteiger partial charge in [-0.1, -0.05) is 0 Å². The van der Waals surface area contributed by atoms with Crippen LogP contribution in [0.4, 0.5) is 0 Å². The molecule has 5 heteroatoms. The summed E-state index contributed by atoms with van der Waals surface area (Å²) in [7, 11) is 1.36. The van der Waals surface area contributed by atoms with Crippen LogP contribution >= 0.6 is 0 Å². The molecule has 0 radical (unpaired) electrons. The highest BCUT2D eigenvalue weighted by Gasteiger charge is 2.08. The molecule has 0 saturated carbocycles. The van der Waals surface area contributed by atoms with Crippen LogP contribution < -0.4 is 5.32 Å². The molecule has 0 bridgehead atoms. The molecule has 1 N–H and O–H groups in total. The average Bonchev–Trinajstić information content (AvgIpc) is 2.29. The Labute approximate surface area is 90.0 Å². The number of esters is 1. The van der Waals surface area contributed by atoms with Crippen molar-refractivity contribution in [3.05, 3.63) is 12.3 Å². The van der Waals surface area contributed by atoms with Gasteiger partial charge < -0.3 is 14.8 Å². The van der Waals surface area contributed by atoms with Gasteiger partial charge in [0, 0.05) is 38.5 Å². The van der Waals surface area contributed by atoms with E-state index in [0.717, 1.165) is 39.4 Å². The Morgan fingerprint density at radius 3 is 2.93 bits per heavy atom. The summed E-state index contributed by atoms with van der Waals surface area (Å²) >= 11 is 0. The van der Waals surface area contributed by atoms with Crippen LogP contribution in [0, 0.1) is 0 Å². The first kappa shape index (κ1) is 12.0. The maximum atomic E-state index is 10.7. The molecule has 1 aliphatic heterocycles. The van der Waals surface area contributed by atoms with Crippen LogP contribution in [0.3, 0.4) is 0 Å². The van der Waals surface area contributed by atoms with Crippen LogP contribution in [-0.2, 0) is 14.3 Å². The number of hydrogen-bond acceptors (Lipinski definition) is 5. The fourth-order valence-corrected chi connectivity index (χ4v) is 1.33. The van der Waals surface area contributed by atoms with Crippen molar-refractivity contribution in [2.75, 3.05) is 46.5 Å². The lowest BCUT2D eigenvalue weighted by atomic mass is 10.4. The van der Waals surface area contributed by atoms with Crippen LogP contribution in [0.5, 0.6) is 0 Å². The fourth-order valence-electron chi connectivity index (χ4n) is 1.33. The summed E-state index contributed by atoms with van der Waals surface area (Å²) in [5, 5.41) is 3.03. The highest BCUT2D eigenvalue weighted by Crippen LogP contribution is 1.94. The number of methoxy groups -OCH3 is 1. The second-order valence-electron chi connectivity index (χ2n) is 3.26. The van der Waals surface area contributed by atoms with Crippen molar-refractivity contribution >= 4 is 5.97 Å². The molecular formula is C10H18N2O3. The molecule has 1 saturated heterocycles. The third-order valence-electron chi connectivity index (χ3n) is 2.21. The molecule has 0 amide bonds. The van der Waals surface area contributed by atoms with E-state index in [1.165, 1.54) is 13.2 Å². The van der Waals surface area contributed by atoms with Gasteiger partial charge in [-0.25, -0.2) is 4.79 Å². The minimum atomic E-state index is -0.339. The Balaban J connectivity index is 2.00. The topological polar surface area (TPSA) is 50.8 Å². The molecule has 1 aliphatic rings. The quantitative estimate of drug-likeness (QED) is 0.383. The predicted molar refractivity (Wildman–Crippen MR) is 56.4 cm³/mol. The lowest BCUT2D eigenvalue weighted by molar-refractivity contribution is -0.134. The molecule has 1 fully saturated rings. The second-order valence-corrected chi connectivity index (χ2v) is 3.26. The molecular weight excluding hydrogens is 196 g/mol. The number of carbonyl (C=O) groups is 1. The van der Waals surface area contributed by atoms with E-state index in [4.69, 9.17) is 4.74 Å². The normalized spacial score (nSPS) is 17.9. The third kappa shape index (κ3) is 5.39.